The summed E-state index contributed by atoms with van der Waals surface area (Å²) < 4.78 is 4.24. The van der Waals surface area contributed by atoms with Gasteiger partial charge in [-0.25, -0.2) is 0 Å². The molecule has 0 aliphatic carbocycles. The summed E-state index contributed by atoms with van der Waals surface area (Å²) in [6.07, 6.45) is 0. The normalized spacial score (nSPS) is 10.5. The standard InChI is InChI=1S/C6H3N3O4/c10-8(11)4-1-2-6-5(3-4)7-13-9(6)12/h1-3H. The van der Waals surface area contributed by atoms with Gasteiger partial charge in [-0.05, 0) is 4.90 Å². The van der Waals surface area contributed by atoms with E-state index in [1.54, 1.807) is 0 Å². The minimum Gasteiger partial charge on any atom is -0.359 e. The quantitative estimate of drug-likeness (QED) is 0.359. The molecule has 1 aromatic heterocycles. The monoisotopic (exact) mass is 181 g/mol. The Morgan fingerprint density at radius 2 is 2.31 bits per heavy atom. The van der Waals surface area contributed by atoms with E-state index in [1.807, 2.05) is 0 Å². The Bertz CT molecular complexity index is 478. The largest absolute Gasteiger partial charge is 0.359 e. The third-order valence-electron chi connectivity index (χ3n) is 1.58. The molecule has 0 aliphatic rings. The van der Waals surface area contributed by atoms with Crippen LogP contribution < -0.4 is 4.90 Å². The van der Waals surface area contributed by atoms with E-state index in [1.165, 1.54) is 18.2 Å². The molecule has 66 valence electrons. The Balaban J connectivity index is 2.70. The van der Waals surface area contributed by atoms with E-state index in [2.05, 4.69) is 9.79 Å². The summed E-state index contributed by atoms with van der Waals surface area (Å²) in [5.41, 5.74) is 0.219. The van der Waals surface area contributed by atoms with Crippen LogP contribution in [-0.4, -0.2) is 10.1 Å². The van der Waals surface area contributed by atoms with Crippen molar-refractivity contribution in [1.82, 2.24) is 5.16 Å². The van der Waals surface area contributed by atoms with Crippen LogP contribution >= 0.6 is 0 Å². The van der Waals surface area contributed by atoms with Crippen molar-refractivity contribution < 1.29 is 14.5 Å². The fourth-order valence-corrected chi connectivity index (χ4v) is 0.978. The van der Waals surface area contributed by atoms with Gasteiger partial charge in [-0.15, -0.1) is 0 Å². The first-order valence-corrected chi connectivity index (χ1v) is 3.32. The molecule has 0 saturated carbocycles. The molecule has 0 saturated heterocycles. The van der Waals surface area contributed by atoms with Gasteiger partial charge in [0.2, 0.25) is 5.52 Å². The van der Waals surface area contributed by atoms with Crippen molar-refractivity contribution in [2.75, 3.05) is 0 Å². The van der Waals surface area contributed by atoms with Crippen LogP contribution in [0, 0.1) is 15.3 Å². The van der Waals surface area contributed by atoms with Gasteiger partial charge in [0.25, 0.3) is 11.2 Å². The molecule has 0 N–H and O–H groups in total. The number of non-ortho nitro benzene ring substituents is 1. The molecule has 0 unspecified atom stereocenters. The molecule has 7 nitrogen and oxygen atoms in total. The number of nitro groups is 1. The molecule has 0 fully saturated rings. The van der Waals surface area contributed by atoms with Crippen LogP contribution in [-0.2, 0) is 0 Å². The second kappa shape index (κ2) is 2.41. The number of benzene rings is 1. The molecular formula is C6H3N3O4. The molecule has 0 radical (unpaired) electrons. The first-order chi connectivity index (χ1) is 6.18. The molecule has 2 aromatic rings. The summed E-state index contributed by atoms with van der Waals surface area (Å²) in [5.74, 6) is 0. The molecule has 2 rings (SSSR count). The predicted molar refractivity (Wildman–Crippen MR) is 39.6 cm³/mol. The lowest BCUT2D eigenvalue weighted by Crippen LogP contribution is -2.22. The molecule has 1 aromatic carbocycles. The van der Waals surface area contributed by atoms with Gasteiger partial charge in [-0.2, -0.15) is 0 Å². The fraction of sp³-hybridized carbons (Fsp3) is 0. The lowest BCUT2D eigenvalue weighted by atomic mass is 10.3. The summed E-state index contributed by atoms with van der Waals surface area (Å²) in [6.45, 7) is 0. The van der Waals surface area contributed by atoms with E-state index in [4.69, 9.17) is 0 Å². The van der Waals surface area contributed by atoms with Gasteiger partial charge < -0.3 is 5.21 Å². The van der Waals surface area contributed by atoms with E-state index in [0.29, 0.717) is 0 Å². The average Bonchev–Trinajstić information content (AvgIpc) is 2.47. The summed E-state index contributed by atoms with van der Waals surface area (Å²) in [6, 6.07) is 3.68. The van der Waals surface area contributed by atoms with Crippen molar-refractivity contribution in [1.29, 1.82) is 0 Å². The van der Waals surface area contributed by atoms with Gasteiger partial charge in [0, 0.05) is 17.3 Å². The van der Waals surface area contributed by atoms with Gasteiger partial charge in [-0.3, -0.25) is 14.7 Å². The molecule has 0 spiro atoms. The van der Waals surface area contributed by atoms with Crippen molar-refractivity contribution in [2.45, 2.75) is 0 Å². The first-order valence-electron chi connectivity index (χ1n) is 3.32. The smallest absolute Gasteiger partial charge is 0.274 e. The van der Waals surface area contributed by atoms with Crippen LogP contribution in [0.2, 0.25) is 0 Å². The Labute approximate surface area is 70.9 Å². The topological polar surface area (TPSA) is 96.1 Å². The van der Waals surface area contributed by atoms with Crippen LogP contribution in [0.3, 0.4) is 0 Å². The van der Waals surface area contributed by atoms with E-state index in [0.717, 1.165) is 0 Å². The SMILES string of the molecule is O=[N+]([O-])c1ccc2c(c1)no[n+]2[O-]. The Kier molecular flexibility index (Phi) is 1.38. The fourth-order valence-electron chi connectivity index (χ4n) is 0.978. The highest BCUT2D eigenvalue weighted by atomic mass is 16.8. The van der Waals surface area contributed by atoms with Gasteiger partial charge >= 0.3 is 0 Å². The summed E-state index contributed by atoms with van der Waals surface area (Å²) in [4.78, 5) is 9.94. The van der Waals surface area contributed by atoms with Crippen molar-refractivity contribution >= 4 is 16.7 Å². The van der Waals surface area contributed by atoms with Crippen LogP contribution in [0.4, 0.5) is 5.69 Å². The Morgan fingerprint density at radius 3 is 3.00 bits per heavy atom. The lowest BCUT2D eigenvalue weighted by Gasteiger charge is -1.87. The predicted octanol–water partition coefficient (Wildman–Crippen LogP) is 0.369. The number of hydrogen-bond donors (Lipinski definition) is 0. The van der Waals surface area contributed by atoms with E-state index >= 15 is 0 Å². The van der Waals surface area contributed by atoms with Crippen LogP contribution in [0.5, 0.6) is 0 Å². The van der Waals surface area contributed by atoms with Gasteiger partial charge in [-0.1, -0.05) is 0 Å². The van der Waals surface area contributed by atoms with Crippen molar-refractivity contribution in [3.05, 3.63) is 33.5 Å². The summed E-state index contributed by atoms with van der Waals surface area (Å²) in [5, 5.41) is 24.4. The maximum absolute atomic E-state index is 10.8. The number of nitrogens with zero attached hydrogens (tertiary/aromatic N) is 3. The Hall–Kier alpha value is -2.18. The highest BCUT2D eigenvalue weighted by Gasteiger charge is 2.14. The minimum absolute atomic E-state index is 0.124. The molecule has 7 heteroatoms. The second-order valence-electron chi connectivity index (χ2n) is 2.36. The highest BCUT2D eigenvalue weighted by molar-refractivity contribution is 5.73. The van der Waals surface area contributed by atoms with E-state index in [-0.39, 0.29) is 21.6 Å². The number of hydrogen-bond acceptors (Lipinski definition) is 5. The molecule has 0 bridgehead atoms. The number of rotatable bonds is 1. The lowest BCUT2D eigenvalue weighted by molar-refractivity contribution is -0.782. The second-order valence-corrected chi connectivity index (χ2v) is 2.36. The Morgan fingerprint density at radius 1 is 1.54 bits per heavy atom. The van der Waals surface area contributed by atoms with Crippen LogP contribution in [0.25, 0.3) is 11.0 Å². The summed E-state index contributed by atoms with van der Waals surface area (Å²) >= 11 is 0. The minimum atomic E-state index is -0.566. The van der Waals surface area contributed by atoms with Crippen molar-refractivity contribution in [3.63, 3.8) is 0 Å². The zero-order valence-electron chi connectivity index (χ0n) is 6.21. The molecule has 0 atom stereocenters. The van der Waals surface area contributed by atoms with E-state index in [9.17, 15) is 15.3 Å². The number of nitro benzene ring substituents is 1. The average molecular weight is 181 g/mol. The molecule has 0 aliphatic heterocycles. The number of aromatic nitrogens is 2. The van der Waals surface area contributed by atoms with Gasteiger partial charge in [0.05, 0.1) is 11.0 Å². The van der Waals surface area contributed by atoms with Crippen LogP contribution in [0.1, 0.15) is 0 Å². The first kappa shape index (κ1) is 7.47. The maximum Gasteiger partial charge on any atom is 0.274 e. The zero-order chi connectivity index (χ0) is 9.42. The zero-order valence-corrected chi connectivity index (χ0v) is 6.21. The third-order valence-corrected chi connectivity index (χ3v) is 1.58. The van der Waals surface area contributed by atoms with E-state index < -0.39 is 4.92 Å². The molecule has 0 amide bonds. The third kappa shape index (κ3) is 1.06. The van der Waals surface area contributed by atoms with Gasteiger partial charge in [0.15, 0.2) is 0 Å². The number of fused-ring (bicyclic) bond motifs is 1. The molecule has 1 heterocycles. The van der Waals surface area contributed by atoms with Crippen molar-refractivity contribution in [2.24, 2.45) is 0 Å². The summed E-state index contributed by atoms with van der Waals surface area (Å²) in [7, 11) is 0. The molecule has 13 heavy (non-hydrogen) atoms. The maximum atomic E-state index is 10.8. The van der Waals surface area contributed by atoms with Crippen molar-refractivity contribution in [3.8, 4) is 0 Å². The highest BCUT2D eigenvalue weighted by Crippen LogP contribution is 2.16. The van der Waals surface area contributed by atoms with Gasteiger partial charge in [0.1, 0.15) is 0 Å². The van der Waals surface area contributed by atoms with Crippen LogP contribution in [0.15, 0.2) is 22.8 Å². The molecular weight excluding hydrogens is 178 g/mol.